The minimum absolute atomic E-state index is 0.0414. The fourth-order valence-electron chi connectivity index (χ4n) is 1.78. The zero-order chi connectivity index (χ0) is 15.9. The van der Waals surface area contributed by atoms with Crippen molar-refractivity contribution in [1.82, 2.24) is 5.32 Å². The van der Waals surface area contributed by atoms with Crippen LogP contribution in [-0.4, -0.2) is 11.8 Å². The van der Waals surface area contributed by atoms with E-state index in [2.05, 4.69) is 10.6 Å². The van der Waals surface area contributed by atoms with Crippen LogP contribution in [0.15, 0.2) is 48.5 Å². The molecule has 114 valence electrons. The zero-order valence-corrected chi connectivity index (χ0v) is 12.4. The van der Waals surface area contributed by atoms with Gasteiger partial charge in [0.15, 0.2) is 0 Å². The summed E-state index contributed by atoms with van der Waals surface area (Å²) < 4.78 is 13.4. The van der Waals surface area contributed by atoms with E-state index in [4.69, 9.17) is 11.6 Å². The smallest absolute Gasteiger partial charge is 0.233 e. The first kappa shape index (κ1) is 16.0. The van der Waals surface area contributed by atoms with Crippen molar-refractivity contribution in [3.63, 3.8) is 0 Å². The minimum atomic E-state index is -0.477. The lowest BCUT2D eigenvalue weighted by atomic mass is 10.2. The Morgan fingerprint density at radius 3 is 2.36 bits per heavy atom. The predicted molar refractivity (Wildman–Crippen MR) is 82.9 cm³/mol. The molecule has 22 heavy (non-hydrogen) atoms. The van der Waals surface area contributed by atoms with E-state index in [9.17, 15) is 14.0 Å². The summed E-state index contributed by atoms with van der Waals surface area (Å²) in [5.74, 6) is -1.32. The predicted octanol–water partition coefficient (Wildman–Crippen LogP) is 3.12. The first-order chi connectivity index (χ1) is 10.5. The van der Waals surface area contributed by atoms with Crippen LogP contribution in [0.3, 0.4) is 0 Å². The molecule has 2 amide bonds. The number of carbonyl (C=O) groups excluding carboxylic acids is 2. The average molecular weight is 321 g/mol. The molecule has 0 aliphatic carbocycles. The third-order valence-electron chi connectivity index (χ3n) is 2.88. The molecule has 0 unspecified atom stereocenters. The SMILES string of the molecule is O=C(CC(=O)Nc1ccc(Cl)cc1)NCc1ccccc1F. The molecule has 0 saturated heterocycles. The number of benzene rings is 2. The van der Waals surface area contributed by atoms with Gasteiger partial charge in [-0.05, 0) is 30.3 Å². The number of rotatable bonds is 5. The van der Waals surface area contributed by atoms with E-state index < -0.39 is 17.6 Å². The molecule has 4 nitrogen and oxygen atoms in total. The van der Waals surface area contributed by atoms with E-state index in [-0.39, 0.29) is 13.0 Å². The van der Waals surface area contributed by atoms with Crippen molar-refractivity contribution >= 4 is 29.1 Å². The normalized spacial score (nSPS) is 10.1. The number of amides is 2. The Morgan fingerprint density at radius 2 is 1.68 bits per heavy atom. The topological polar surface area (TPSA) is 58.2 Å². The molecule has 0 spiro atoms. The molecule has 0 aliphatic heterocycles. The summed E-state index contributed by atoms with van der Waals surface area (Å²) in [7, 11) is 0. The maximum atomic E-state index is 13.4. The lowest BCUT2D eigenvalue weighted by molar-refractivity contribution is -0.126. The van der Waals surface area contributed by atoms with Gasteiger partial charge in [-0.3, -0.25) is 9.59 Å². The van der Waals surface area contributed by atoms with Crippen LogP contribution in [0.5, 0.6) is 0 Å². The van der Waals surface area contributed by atoms with E-state index >= 15 is 0 Å². The van der Waals surface area contributed by atoms with Crippen LogP contribution in [0.1, 0.15) is 12.0 Å². The summed E-state index contributed by atoms with van der Waals surface area (Å²) in [6.45, 7) is 0.0414. The molecular formula is C16H14ClFN2O2. The van der Waals surface area contributed by atoms with Gasteiger partial charge in [0, 0.05) is 22.8 Å². The molecule has 0 radical (unpaired) electrons. The van der Waals surface area contributed by atoms with Crippen LogP contribution in [0.4, 0.5) is 10.1 Å². The highest BCUT2D eigenvalue weighted by atomic mass is 35.5. The second-order valence-corrected chi connectivity index (χ2v) is 5.04. The quantitative estimate of drug-likeness (QED) is 0.832. The molecule has 0 atom stereocenters. The van der Waals surface area contributed by atoms with E-state index in [0.717, 1.165) is 0 Å². The van der Waals surface area contributed by atoms with Crippen LogP contribution in [0, 0.1) is 5.82 Å². The molecule has 0 fully saturated rings. The first-order valence-electron chi connectivity index (χ1n) is 6.60. The van der Waals surface area contributed by atoms with Gasteiger partial charge >= 0.3 is 0 Å². The van der Waals surface area contributed by atoms with Gasteiger partial charge in [0.25, 0.3) is 0 Å². The van der Waals surface area contributed by atoms with Crippen molar-refractivity contribution in [3.05, 3.63) is 64.9 Å². The van der Waals surface area contributed by atoms with Gasteiger partial charge in [-0.15, -0.1) is 0 Å². The number of carbonyl (C=O) groups is 2. The summed E-state index contributed by atoms with van der Waals surface area (Å²) in [6.07, 6.45) is -0.336. The minimum Gasteiger partial charge on any atom is -0.351 e. The van der Waals surface area contributed by atoms with Crippen LogP contribution in [-0.2, 0) is 16.1 Å². The number of halogens is 2. The van der Waals surface area contributed by atoms with Crippen molar-refractivity contribution in [1.29, 1.82) is 0 Å². The molecular weight excluding hydrogens is 307 g/mol. The molecule has 0 saturated carbocycles. The maximum Gasteiger partial charge on any atom is 0.233 e. The Morgan fingerprint density at radius 1 is 1.00 bits per heavy atom. The van der Waals surface area contributed by atoms with Gasteiger partial charge in [0.2, 0.25) is 11.8 Å². The third kappa shape index (κ3) is 4.86. The standard InChI is InChI=1S/C16H14ClFN2O2/c17-12-5-7-13(8-6-12)20-16(22)9-15(21)19-10-11-3-1-2-4-14(11)18/h1-8H,9-10H2,(H,19,21)(H,20,22). The largest absolute Gasteiger partial charge is 0.351 e. The van der Waals surface area contributed by atoms with Crippen LogP contribution in [0.2, 0.25) is 5.02 Å². The maximum absolute atomic E-state index is 13.4. The summed E-state index contributed by atoms with van der Waals surface area (Å²) in [4.78, 5) is 23.4. The van der Waals surface area contributed by atoms with E-state index in [1.807, 2.05) is 0 Å². The second kappa shape index (κ2) is 7.56. The number of anilines is 1. The Balaban J connectivity index is 1.80. The Labute approximate surface area is 132 Å². The number of nitrogens with one attached hydrogen (secondary N) is 2. The molecule has 0 bridgehead atoms. The molecule has 2 aromatic rings. The Bertz CT molecular complexity index is 674. The van der Waals surface area contributed by atoms with E-state index in [0.29, 0.717) is 16.3 Å². The van der Waals surface area contributed by atoms with E-state index in [1.54, 1.807) is 42.5 Å². The molecule has 0 heterocycles. The van der Waals surface area contributed by atoms with Crippen molar-refractivity contribution < 1.29 is 14.0 Å². The van der Waals surface area contributed by atoms with E-state index in [1.165, 1.54) is 6.07 Å². The zero-order valence-electron chi connectivity index (χ0n) is 11.6. The third-order valence-corrected chi connectivity index (χ3v) is 3.13. The van der Waals surface area contributed by atoms with Crippen LogP contribution >= 0.6 is 11.6 Å². The molecule has 0 aromatic heterocycles. The Hall–Kier alpha value is -2.40. The van der Waals surface area contributed by atoms with Gasteiger partial charge in [0.05, 0.1) is 0 Å². The lowest BCUT2D eigenvalue weighted by Crippen LogP contribution is -2.28. The summed E-state index contributed by atoms with van der Waals surface area (Å²) in [5.41, 5.74) is 0.922. The summed E-state index contributed by atoms with van der Waals surface area (Å²) >= 11 is 5.74. The molecule has 0 aliphatic rings. The monoisotopic (exact) mass is 320 g/mol. The Kier molecular flexibility index (Phi) is 5.49. The fraction of sp³-hybridized carbons (Fsp3) is 0.125. The van der Waals surface area contributed by atoms with Gasteiger partial charge < -0.3 is 10.6 Å². The molecule has 6 heteroatoms. The fourth-order valence-corrected chi connectivity index (χ4v) is 1.91. The van der Waals surface area contributed by atoms with Crippen LogP contribution < -0.4 is 10.6 Å². The number of hydrogen-bond donors (Lipinski definition) is 2. The lowest BCUT2D eigenvalue weighted by Gasteiger charge is -2.07. The summed E-state index contributed by atoms with van der Waals surface area (Å²) in [6, 6.07) is 12.7. The van der Waals surface area contributed by atoms with Crippen molar-refractivity contribution in [2.45, 2.75) is 13.0 Å². The highest BCUT2D eigenvalue weighted by Crippen LogP contribution is 2.13. The van der Waals surface area contributed by atoms with Crippen molar-refractivity contribution in [3.8, 4) is 0 Å². The molecule has 2 aromatic carbocycles. The van der Waals surface area contributed by atoms with Gasteiger partial charge in [-0.25, -0.2) is 4.39 Å². The van der Waals surface area contributed by atoms with Crippen LogP contribution in [0.25, 0.3) is 0 Å². The highest BCUT2D eigenvalue weighted by molar-refractivity contribution is 6.30. The van der Waals surface area contributed by atoms with Gasteiger partial charge in [-0.2, -0.15) is 0 Å². The number of hydrogen-bond acceptors (Lipinski definition) is 2. The highest BCUT2D eigenvalue weighted by Gasteiger charge is 2.10. The molecule has 2 N–H and O–H groups in total. The molecule has 2 rings (SSSR count). The van der Waals surface area contributed by atoms with Crippen molar-refractivity contribution in [2.24, 2.45) is 0 Å². The van der Waals surface area contributed by atoms with Gasteiger partial charge in [0.1, 0.15) is 12.2 Å². The average Bonchev–Trinajstić information content (AvgIpc) is 2.49. The van der Waals surface area contributed by atoms with Gasteiger partial charge in [-0.1, -0.05) is 29.8 Å². The summed E-state index contributed by atoms with van der Waals surface area (Å²) in [5, 5.41) is 5.64. The first-order valence-corrected chi connectivity index (χ1v) is 6.98. The van der Waals surface area contributed by atoms with Crippen molar-refractivity contribution in [2.75, 3.05) is 5.32 Å². The second-order valence-electron chi connectivity index (χ2n) is 4.60.